The number of ether oxygens (including phenoxy) is 2. The van der Waals surface area contributed by atoms with Crippen molar-refractivity contribution in [3.8, 4) is 11.5 Å². The van der Waals surface area contributed by atoms with Gasteiger partial charge in [-0.1, -0.05) is 30.3 Å². The molecule has 0 unspecified atom stereocenters. The summed E-state index contributed by atoms with van der Waals surface area (Å²) in [6.07, 6.45) is 4.51. The van der Waals surface area contributed by atoms with Crippen molar-refractivity contribution in [1.82, 2.24) is 10.2 Å². The third-order valence-electron chi connectivity index (χ3n) is 3.41. The lowest BCUT2D eigenvalue weighted by molar-refractivity contribution is -0.128. The van der Waals surface area contributed by atoms with E-state index < -0.39 is 11.8 Å². The van der Waals surface area contributed by atoms with Crippen LogP contribution in [0.4, 0.5) is 0 Å². The summed E-state index contributed by atoms with van der Waals surface area (Å²) in [5, 5.41) is 2.80. The molecule has 0 aliphatic carbocycles. The lowest BCUT2D eigenvalue weighted by Gasteiger charge is -2.27. The van der Waals surface area contributed by atoms with Gasteiger partial charge >= 0.3 is 0 Å². The molecule has 0 bridgehead atoms. The Kier molecular flexibility index (Phi) is 6.54. The summed E-state index contributed by atoms with van der Waals surface area (Å²) in [7, 11) is 1.46. The van der Waals surface area contributed by atoms with Gasteiger partial charge in [-0.05, 0) is 36.0 Å². The third-order valence-corrected chi connectivity index (χ3v) is 4.01. The van der Waals surface area contributed by atoms with Crippen molar-refractivity contribution in [2.45, 2.75) is 0 Å². The maximum atomic E-state index is 12.5. The highest BCUT2D eigenvalue weighted by Crippen LogP contribution is 2.37. The van der Waals surface area contributed by atoms with E-state index in [9.17, 15) is 9.59 Å². The molecule has 0 saturated carbocycles. The van der Waals surface area contributed by atoms with Crippen LogP contribution in [0.15, 0.2) is 43.0 Å². The van der Waals surface area contributed by atoms with Crippen LogP contribution in [0.3, 0.4) is 0 Å². The molecule has 0 radical (unpaired) electrons. The predicted molar refractivity (Wildman–Crippen MR) is 104 cm³/mol. The highest BCUT2D eigenvalue weighted by atomic mass is 35.5. The zero-order chi connectivity index (χ0) is 19.3. The molecular weight excluding hydrogens is 376 g/mol. The van der Waals surface area contributed by atoms with Gasteiger partial charge in [0.2, 0.25) is 0 Å². The summed E-state index contributed by atoms with van der Waals surface area (Å²) >= 11 is 11.3. The molecule has 0 aromatic heterocycles. The number of rotatable bonds is 7. The van der Waals surface area contributed by atoms with E-state index in [0.29, 0.717) is 17.1 Å². The second-order valence-electron chi connectivity index (χ2n) is 5.16. The van der Waals surface area contributed by atoms with E-state index in [1.54, 1.807) is 18.2 Å². The molecule has 0 atom stereocenters. The van der Waals surface area contributed by atoms with Crippen molar-refractivity contribution in [3.63, 3.8) is 0 Å². The summed E-state index contributed by atoms with van der Waals surface area (Å²) < 4.78 is 10.8. The molecule has 2 rings (SSSR count). The van der Waals surface area contributed by atoms with E-state index >= 15 is 0 Å². The number of amides is 2. The Morgan fingerprint density at radius 1 is 1.31 bits per heavy atom. The molecule has 136 valence electrons. The van der Waals surface area contributed by atoms with E-state index in [1.165, 1.54) is 24.2 Å². The zero-order valence-corrected chi connectivity index (χ0v) is 15.7. The number of thiocarbonyl (C=S) groups is 1. The third kappa shape index (κ3) is 4.12. The van der Waals surface area contributed by atoms with Crippen molar-refractivity contribution >= 4 is 46.8 Å². The van der Waals surface area contributed by atoms with Crippen LogP contribution in [0.25, 0.3) is 6.08 Å². The Bertz CT molecular complexity index is 820. The fourth-order valence-corrected chi connectivity index (χ4v) is 2.78. The predicted octanol–water partition coefficient (Wildman–Crippen LogP) is 2.73. The first kappa shape index (κ1) is 19.7. The van der Waals surface area contributed by atoms with Crippen LogP contribution in [0.1, 0.15) is 5.56 Å². The molecular formula is C18H17ClN2O4S. The number of hydrogen-bond acceptors (Lipinski definition) is 5. The zero-order valence-electron chi connectivity index (χ0n) is 14.1. The average Bonchev–Trinajstić information content (AvgIpc) is 2.60. The largest absolute Gasteiger partial charge is 0.493 e. The lowest BCUT2D eigenvalue weighted by atomic mass is 10.1. The van der Waals surface area contributed by atoms with Gasteiger partial charge in [-0.2, -0.15) is 0 Å². The monoisotopic (exact) mass is 392 g/mol. The molecule has 8 heteroatoms. The molecule has 1 aliphatic rings. The fraction of sp³-hybridized carbons (Fsp3) is 0.167. The van der Waals surface area contributed by atoms with Gasteiger partial charge in [-0.3, -0.25) is 19.8 Å². The van der Waals surface area contributed by atoms with Gasteiger partial charge in [-0.25, -0.2) is 0 Å². The number of nitrogens with one attached hydrogen (secondary N) is 1. The topological polar surface area (TPSA) is 67.9 Å². The van der Waals surface area contributed by atoms with E-state index in [2.05, 4.69) is 18.5 Å². The van der Waals surface area contributed by atoms with Crippen LogP contribution < -0.4 is 14.8 Å². The molecule has 0 spiro atoms. The van der Waals surface area contributed by atoms with Crippen molar-refractivity contribution in [2.24, 2.45) is 0 Å². The van der Waals surface area contributed by atoms with Crippen LogP contribution in [-0.2, 0) is 9.59 Å². The molecule has 1 fully saturated rings. The Balaban J connectivity index is 2.44. The summed E-state index contributed by atoms with van der Waals surface area (Å²) in [5.41, 5.74) is 0.431. The summed E-state index contributed by atoms with van der Waals surface area (Å²) in [5.74, 6) is -0.374. The van der Waals surface area contributed by atoms with Crippen molar-refractivity contribution in [2.75, 3.05) is 20.3 Å². The molecule has 1 saturated heterocycles. The Morgan fingerprint density at radius 3 is 2.65 bits per heavy atom. The van der Waals surface area contributed by atoms with Gasteiger partial charge in [0.1, 0.15) is 12.2 Å². The number of methoxy groups -OCH3 is 1. The van der Waals surface area contributed by atoms with Gasteiger partial charge in [0.15, 0.2) is 16.6 Å². The van der Waals surface area contributed by atoms with Crippen molar-refractivity contribution in [1.29, 1.82) is 0 Å². The first-order valence-electron chi connectivity index (χ1n) is 7.54. The second-order valence-corrected chi connectivity index (χ2v) is 5.95. The van der Waals surface area contributed by atoms with Crippen molar-refractivity contribution in [3.05, 3.63) is 53.6 Å². The average molecular weight is 393 g/mol. The van der Waals surface area contributed by atoms with Gasteiger partial charge in [0.05, 0.1) is 12.1 Å². The normalized spacial score (nSPS) is 15.7. The second kappa shape index (κ2) is 8.64. The summed E-state index contributed by atoms with van der Waals surface area (Å²) in [6, 6.07) is 3.18. The van der Waals surface area contributed by atoms with Crippen LogP contribution in [0, 0.1) is 0 Å². The quantitative estimate of drug-likeness (QED) is 0.334. The molecule has 1 N–H and O–H groups in total. The molecule has 1 aliphatic heterocycles. The first-order chi connectivity index (χ1) is 12.4. The number of carbonyl (C=O) groups excluding carboxylic acids is 2. The molecule has 1 aromatic rings. The number of benzene rings is 1. The smallest absolute Gasteiger partial charge is 0.265 e. The van der Waals surface area contributed by atoms with Gasteiger partial charge < -0.3 is 9.47 Å². The standard InChI is InChI=1S/C18H17ClN2O4S/c1-4-6-21-17(23)12(16(22)20-18(21)26)8-11-9-13(19)15(25-7-5-2)14(10-11)24-3/h4-5,8-10H,1-2,6-7H2,3H3,(H,20,22,26)/b12-8+. The van der Waals surface area contributed by atoms with Gasteiger partial charge in [0, 0.05) is 6.54 Å². The number of nitrogens with zero attached hydrogens (tertiary/aromatic N) is 1. The number of carbonyl (C=O) groups is 2. The Labute approximate surface area is 161 Å². The van der Waals surface area contributed by atoms with Crippen LogP contribution in [-0.4, -0.2) is 42.1 Å². The Morgan fingerprint density at radius 2 is 2.04 bits per heavy atom. The highest BCUT2D eigenvalue weighted by Gasteiger charge is 2.32. The summed E-state index contributed by atoms with van der Waals surface area (Å²) in [4.78, 5) is 26.0. The van der Waals surface area contributed by atoms with Crippen molar-refractivity contribution < 1.29 is 19.1 Å². The Hall–Kier alpha value is -2.64. The minimum absolute atomic E-state index is 0.0424. The molecule has 1 heterocycles. The van der Waals surface area contributed by atoms with E-state index in [0.717, 1.165) is 0 Å². The number of hydrogen-bond donors (Lipinski definition) is 1. The minimum atomic E-state index is -0.581. The molecule has 2 amide bonds. The number of halogens is 1. The first-order valence-corrected chi connectivity index (χ1v) is 8.32. The maximum Gasteiger partial charge on any atom is 0.265 e. The van der Waals surface area contributed by atoms with Crippen LogP contribution in [0.5, 0.6) is 11.5 Å². The fourth-order valence-electron chi connectivity index (χ4n) is 2.26. The minimum Gasteiger partial charge on any atom is -0.493 e. The molecule has 26 heavy (non-hydrogen) atoms. The van der Waals surface area contributed by atoms with E-state index in [-0.39, 0.29) is 28.9 Å². The van der Waals surface area contributed by atoms with Gasteiger partial charge in [-0.15, -0.1) is 6.58 Å². The van der Waals surface area contributed by atoms with Gasteiger partial charge in [0.25, 0.3) is 11.8 Å². The SMILES string of the molecule is C=CCOc1c(Cl)cc(/C=C2\C(=O)NC(=S)N(CC=C)C2=O)cc1OC. The van der Waals surface area contributed by atoms with Crippen LogP contribution in [0.2, 0.25) is 5.02 Å². The molecule has 1 aromatic carbocycles. The highest BCUT2D eigenvalue weighted by molar-refractivity contribution is 7.80. The van der Waals surface area contributed by atoms with E-state index in [1.807, 2.05) is 0 Å². The van der Waals surface area contributed by atoms with E-state index in [4.69, 9.17) is 33.3 Å². The van der Waals surface area contributed by atoms with Crippen LogP contribution >= 0.6 is 23.8 Å². The lowest BCUT2D eigenvalue weighted by Crippen LogP contribution is -2.53. The summed E-state index contributed by atoms with van der Waals surface area (Å²) in [6.45, 7) is 7.60. The molecule has 6 nitrogen and oxygen atoms in total. The maximum absolute atomic E-state index is 12.5.